The summed E-state index contributed by atoms with van der Waals surface area (Å²) in [5.74, 6) is -3.85. The molecule has 0 saturated heterocycles. The maximum atomic E-state index is 12.4. The van der Waals surface area contributed by atoms with E-state index in [4.69, 9.17) is 9.47 Å². The summed E-state index contributed by atoms with van der Waals surface area (Å²) in [5.41, 5.74) is -2.03. The molecule has 0 aliphatic rings. The number of aliphatic carboxylic acids is 2. The first-order chi connectivity index (χ1) is 17.3. The second-order valence-corrected chi connectivity index (χ2v) is 11.8. The highest BCUT2D eigenvalue weighted by atomic mass is 16.5. The van der Waals surface area contributed by atoms with E-state index in [1.165, 1.54) is 20.8 Å². The predicted octanol–water partition coefficient (Wildman–Crippen LogP) is 2.94. The van der Waals surface area contributed by atoms with Crippen LogP contribution in [0.25, 0.3) is 0 Å². The van der Waals surface area contributed by atoms with Crippen LogP contribution in [0.1, 0.15) is 93.9 Å². The lowest BCUT2D eigenvalue weighted by Gasteiger charge is -2.29. The monoisotopic (exact) mass is 544 g/mol. The number of carboxylic acid groups (broad SMARTS) is 2. The Bertz CT molecular complexity index is 821. The largest absolute Gasteiger partial charge is 0.481 e. The van der Waals surface area contributed by atoms with Crippen LogP contribution in [0.5, 0.6) is 0 Å². The zero-order valence-electron chi connectivity index (χ0n) is 24.3. The van der Waals surface area contributed by atoms with Crippen molar-refractivity contribution in [1.82, 2.24) is 10.6 Å². The van der Waals surface area contributed by atoms with Crippen molar-refractivity contribution in [3.05, 3.63) is 0 Å². The molecule has 2 amide bonds. The third-order valence-electron chi connectivity index (χ3n) is 6.31. The SMILES string of the molecule is CC(=O)CCC(C)(C)OCCC(C)(C)OCCNC(=O)CCC(NC(=O)C(C)CC(C)(C)C(=O)O)C(=O)O. The number of hydrogen-bond acceptors (Lipinski definition) is 7. The van der Waals surface area contributed by atoms with Crippen molar-refractivity contribution in [2.75, 3.05) is 19.8 Å². The van der Waals surface area contributed by atoms with Crippen LogP contribution in [-0.4, -0.2) is 76.8 Å². The van der Waals surface area contributed by atoms with Gasteiger partial charge in [-0.2, -0.15) is 0 Å². The van der Waals surface area contributed by atoms with Gasteiger partial charge in [-0.15, -0.1) is 0 Å². The van der Waals surface area contributed by atoms with E-state index in [9.17, 15) is 34.2 Å². The van der Waals surface area contributed by atoms with Crippen LogP contribution in [0.15, 0.2) is 0 Å². The van der Waals surface area contributed by atoms with E-state index < -0.39 is 46.4 Å². The minimum atomic E-state index is -1.27. The Kier molecular flexibility index (Phi) is 14.7. The highest BCUT2D eigenvalue weighted by Gasteiger charge is 2.33. The molecule has 38 heavy (non-hydrogen) atoms. The summed E-state index contributed by atoms with van der Waals surface area (Å²) >= 11 is 0. The number of carbonyl (C=O) groups is 5. The molecule has 0 spiro atoms. The Hall–Kier alpha value is -2.53. The Morgan fingerprint density at radius 3 is 1.92 bits per heavy atom. The zero-order valence-corrected chi connectivity index (χ0v) is 24.3. The molecule has 0 radical (unpaired) electrons. The van der Waals surface area contributed by atoms with E-state index in [1.54, 1.807) is 6.92 Å². The number of rotatable bonds is 20. The van der Waals surface area contributed by atoms with Crippen molar-refractivity contribution in [1.29, 1.82) is 0 Å². The van der Waals surface area contributed by atoms with Crippen molar-refractivity contribution >= 4 is 29.5 Å². The van der Waals surface area contributed by atoms with Gasteiger partial charge in [0.05, 0.1) is 29.8 Å². The average molecular weight is 545 g/mol. The molecule has 2 unspecified atom stereocenters. The molecule has 220 valence electrons. The molecule has 0 aliphatic carbocycles. The summed E-state index contributed by atoms with van der Waals surface area (Å²) in [6, 6.07) is -1.27. The van der Waals surface area contributed by atoms with Crippen molar-refractivity contribution in [3.8, 4) is 0 Å². The lowest BCUT2D eigenvalue weighted by atomic mass is 9.83. The first-order valence-corrected chi connectivity index (χ1v) is 13.1. The molecule has 0 rings (SSSR count). The van der Waals surface area contributed by atoms with Crippen LogP contribution in [0.4, 0.5) is 0 Å². The summed E-state index contributed by atoms with van der Waals surface area (Å²) in [6.45, 7) is 14.8. The molecule has 0 aromatic carbocycles. The molecule has 11 heteroatoms. The average Bonchev–Trinajstić information content (AvgIpc) is 2.77. The zero-order chi connectivity index (χ0) is 29.7. The number of carbonyl (C=O) groups excluding carboxylic acids is 3. The molecule has 11 nitrogen and oxygen atoms in total. The fraction of sp³-hybridized carbons (Fsp3) is 0.815. The number of amides is 2. The highest BCUT2D eigenvalue weighted by molar-refractivity contribution is 5.86. The van der Waals surface area contributed by atoms with Crippen LogP contribution in [0.3, 0.4) is 0 Å². The van der Waals surface area contributed by atoms with Crippen LogP contribution >= 0.6 is 0 Å². The van der Waals surface area contributed by atoms with E-state index in [0.29, 0.717) is 25.9 Å². The van der Waals surface area contributed by atoms with Gasteiger partial charge in [-0.1, -0.05) is 6.92 Å². The standard InChI is InChI=1S/C27H48N2O9/c1-18(17-25(3,4)24(35)36)22(32)29-20(23(33)34)9-10-21(31)28-14-16-38-27(7,8)13-15-37-26(5,6)12-11-19(2)30/h18,20H,9-17H2,1-8H3,(H,28,31)(H,29,32)(H,33,34)(H,35,36). The molecular formula is C27H48N2O9. The molecule has 4 N–H and O–H groups in total. The molecule has 0 aliphatic heterocycles. The number of ether oxygens (including phenoxy) is 2. The quantitative estimate of drug-likeness (QED) is 0.168. The van der Waals surface area contributed by atoms with Gasteiger partial charge >= 0.3 is 11.9 Å². The van der Waals surface area contributed by atoms with Gasteiger partial charge in [0.25, 0.3) is 0 Å². The molecule has 0 aromatic heterocycles. The minimum Gasteiger partial charge on any atom is -0.481 e. The fourth-order valence-corrected chi connectivity index (χ4v) is 3.59. The molecule has 0 bridgehead atoms. The maximum absolute atomic E-state index is 12.4. The van der Waals surface area contributed by atoms with Gasteiger partial charge in [0, 0.05) is 25.3 Å². The van der Waals surface area contributed by atoms with Gasteiger partial charge < -0.3 is 35.1 Å². The van der Waals surface area contributed by atoms with Crippen molar-refractivity contribution in [2.24, 2.45) is 11.3 Å². The van der Waals surface area contributed by atoms with Crippen molar-refractivity contribution < 1.29 is 43.7 Å². The van der Waals surface area contributed by atoms with Gasteiger partial charge in [-0.3, -0.25) is 14.4 Å². The highest BCUT2D eigenvalue weighted by Crippen LogP contribution is 2.26. The minimum absolute atomic E-state index is 0.0427. The Morgan fingerprint density at radius 1 is 0.842 bits per heavy atom. The van der Waals surface area contributed by atoms with Crippen molar-refractivity contribution in [3.63, 3.8) is 0 Å². The normalized spacial score (nSPS) is 13.9. The third-order valence-corrected chi connectivity index (χ3v) is 6.31. The number of Topliss-reactive ketones (excluding diaryl/α,β-unsaturated/α-hetero) is 1. The van der Waals surface area contributed by atoms with E-state index >= 15 is 0 Å². The summed E-state index contributed by atoms with van der Waals surface area (Å²) < 4.78 is 11.8. The smallest absolute Gasteiger partial charge is 0.326 e. The second-order valence-electron chi connectivity index (χ2n) is 11.8. The first-order valence-electron chi connectivity index (χ1n) is 13.1. The molecular weight excluding hydrogens is 496 g/mol. The number of hydrogen-bond donors (Lipinski definition) is 4. The molecule has 2 atom stereocenters. The van der Waals surface area contributed by atoms with E-state index in [-0.39, 0.29) is 44.1 Å². The second kappa shape index (κ2) is 15.8. The Labute approximate surface area is 226 Å². The molecule has 0 saturated carbocycles. The number of nitrogens with one attached hydrogen (secondary N) is 2. The first kappa shape index (κ1) is 35.5. The Balaban J connectivity index is 4.42. The molecule has 0 fully saturated rings. The van der Waals surface area contributed by atoms with E-state index in [2.05, 4.69) is 10.6 Å². The number of ketones is 1. The topological polar surface area (TPSA) is 168 Å². The van der Waals surface area contributed by atoms with Gasteiger partial charge in [0.1, 0.15) is 11.8 Å². The predicted molar refractivity (Wildman–Crippen MR) is 142 cm³/mol. The lowest BCUT2D eigenvalue weighted by Crippen LogP contribution is -2.45. The maximum Gasteiger partial charge on any atom is 0.326 e. The van der Waals surface area contributed by atoms with E-state index in [0.717, 1.165) is 0 Å². The lowest BCUT2D eigenvalue weighted by molar-refractivity contribution is -0.149. The summed E-state index contributed by atoms with van der Waals surface area (Å²) in [5, 5.41) is 23.7. The van der Waals surface area contributed by atoms with Crippen LogP contribution in [0.2, 0.25) is 0 Å². The number of carboxylic acids is 2. The summed E-state index contributed by atoms with van der Waals surface area (Å²) in [6.07, 6.45) is 1.55. The van der Waals surface area contributed by atoms with Gasteiger partial charge in [0.15, 0.2) is 0 Å². The van der Waals surface area contributed by atoms with Crippen LogP contribution < -0.4 is 10.6 Å². The summed E-state index contributed by atoms with van der Waals surface area (Å²) in [7, 11) is 0. The molecule has 0 heterocycles. The van der Waals surface area contributed by atoms with E-state index in [1.807, 2.05) is 27.7 Å². The third kappa shape index (κ3) is 15.7. The van der Waals surface area contributed by atoms with Gasteiger partial charge in [-0.25, -0.2) is 4.79 Å². The molecule has 0 aromatic rings. The fourth-order valence-electron chi connectivity index (χ4n) is 3.59. The van der Waals surface area contributed by atoms with Crippen LogP contribution in [0, 0.1) is 11.3 Å². The van der Waals surface area contributed by atoms with Gasteiger partial charge in [0.2, 0.25) is 11.8 Å². The van der Waals surface area contributed by atoms with Crippen LogP contribution in [-0.2, 0) is 33.4 Å². The Morgan fingerprint density at radius 2 is 1.39 bits per heavy atom. The van der Waals surface area contributed by atoms with Crippen molar-refractivity contribution in [2.45, 2.75) is 111 Å². The van der Waals surface area contributed by atoms with Gasteiger partial charge in [-0.05, 0) is 74.1 Å². The summed E-state index contributed by atoms with van der Waals surface area (Å²) in [4.78, 5) is 58.6.